The van der Waals surface area contributed by atoms with Crippen molar-refractivity contribution >= 4 is 17.6 Å². The summed E-state index contributed by atoms with van der Waals surface area (Å²) in [5, 5.41) is 3.11. The van der Waals surface area contributed by atoms with E-state index in [0.717, 1.165) is 31.6 Å². The van der Waals surface area contributed by atoms with Crippen molar-refractivity contribution < 1.29 is 4.79 Å². The summed E-state index contributed by atoms with van der Waals surface area (Å²) in [4.78, 5) is 18.7. The van der Waals surface area contributed by atoms with Gasteiger partial charge < -0.3 is 16.0 Å². The van der Waals surface area contributed by atoms with Gasteiger partial charge in [-0.2, -0.15) is 0 Å². The molecule has 0 aromatic heterocycles. The molecule has 0 aliphatic carbocycles. The smallest absolute Gasteiger partial charge is 0.222 e. The summed E-state index contributed by atoms with van der Waals surface area (Å²) in [5.74, 6) is 0.587. The topological polar surface area (TPSA) is 70.7 Å². The fourth-order valence-electron chi connectivity index (χ4n) is 3.35. The number of nitrogens with two attached hydrogens (primary N) is 1. The average Bonchev–Trinajstić information content (AvgIpc) is 2.70. The maximum absolute atomic E-state index is 12.4. The number of guanidine groups is 1. The maximum Gasteiger partial charge on any atom is 0.222 e. The van der Waals surface area contributed by atoms with Gasteiger partial charge in [0.25, 0.3) is 0 Å². The molecule has 1 heterocycles. The molecule has 5 nitrogen and oxygen atoms in total. The van der Waals surface area contributed by atoms with Crippen LogP contribution in [0, 0.1) is 0 Å². The van der Waals surface area contributed by atoms with Gasteiger partial charge in [-0.15, -0.1) is 0 Å². The standard InChI is InChI=1S/C22H28N4O/c1-2-17-7-5-10-20(15-17)25-22(23)24-13-6-11-21(27)26-14-12-18-8-3-4-9-19(18)16-26/h3-5,7-10,15H,2,6,11-14,16H2,1H3,(H3,23,24,25). The predicted molar refractivity (Wildman–Crippen MR) is 111 cm³/mol. The highest BCUT2D eigenvalue weighted by Gasteiger charge is 2.19. The van der Waals surface area contributed by atoms with Gasteiger partial charge in [-0.3, -0.25) is 9.79 Å². The van der Waals surface area contributed by atoms with E-state index in [2.05, 4.69) is 47.6 Å². The Kier molecular flexibility index (Phi) is 6.47. The van der Waals surface area contributed by atoms with Crippen molar-refractivity contribution in [2.75, 3.05) is 18.4 Å². The summed E-state index contributed by atoms with van der Waals surface area (Å²) in [6, 6.07) is 16.5. The van der Waals surface area contributed by atoms with Crippen LogP contribution >= 0.6 is 0 Å². The number of rotatable bonds is 6. The fraction of sp³-hybridized carbons (Fsp3) is 0.364. The van der Waals surface area contributed by atoms with Gasteiger partial charge in [0.2, 0.25) is 5.91 Å². The first kappa shape index (κ1) is 19.0. The molecule has 1 aliphatic rings. The largest absolute Gasteiger partial charge is 0.370 e. The van der Waals surface area contributed by atoms with Crippen LogP contribution in [0.2, 0.25) is 0 Å². The van der Waals surface area contributed by atoms with Gasteiger partial charge >= 0.3 is 0 Å². The number of benzene rings is 2. The molecule has 2 aromatic rings. The van der Waals surface area contributed by atoms with E-state index in [1.165, 1.54) is 16.7 Å². The molecular weight excluding hydrogens is 336 g/mol. The molecule has 0 atom stereocenters. The second-order valence-corrected chi connectivity index (χ2v) is 6.88. The molecule has 5 heteroatoms. The molecule has 3 rings (SSSR count). The maximum atomic E-state index is 12.4. The Labute approximate surface area is 161 Å². The zero-order valence-electron chi connectivity index (χ0n) is 15.9. The van der Waals surface area contributed by atoms with E-state index in [4.69, 9.17) is 5.73 Å². The summed E-state index contributed by atoms with van der Waals surface area (Å²) in [5.41, 5.74) is 10.8. The average molecular weight is 364 g/mol. The van der Waals surface area contributed by atoms with E-state index in [0.29, 0.717) is 25.3 Å². The van der Waals surface area contributed by atoms with Gasteiger partial charge in [-0.05, 0) is 48.1 Å². The van der Waals surface area contributed by atoms with Gasteiger partial charge in [0.1, 0.15) is 0 Å². The number of amides is 1. The van der Waals surface area contributed by atoms with Gasteiger partial charge in [0.05, 0.1) is 0 Å². The van der Waals surface area contributed by atoms with Crippen molar-refractivity contribution in [1.82, 2.24) is 4.90 Å². The molecule has 27 heavy (non-hydrogen) atoms. The zero-order chi connectivity index (χ0) is 19.1. The molecule has 0 fully saturated rings. The van der Waals surface area contributed by atoms with Gasteiger partial charge in [-0.25, -0.2) is 0 Å². The quantitative estimate of drug-likeness (QED) is 0.469. The lowest BCUT2D eigenvalue weighted by Gasteiger charge is -2.28. The number of fused-ring (bicyclic) bond motifs is 1. The summed E-state index contributed by atoms with van der Waals surface area (Å²) >= 11 is 0. The molecule has 0 saturated carbocycles. The summed E-state index contributed by atoms with van der Waals surface area (Å²) in [6.45, 7) is 4.18. The van der Waals surface area contributed by atoms with Crippen LogP contribution in [0.25, 0.3) is 0 Å². The minimum absolute atomic E-state index is 0.196. The van der Waals surface area contributed by atoms with Crippen LogP contribution in [0.4, 0.5) is 5.69 Å². The fourth-order valence-corrected chi connectivity index (χ4v) is 3.35. The number of hydrogen-bond acceptors (Lipinski definition) is 2. The molecule has 0 bridgehead atoms. The van der Waals surface area contributed by atoms with Crippen LogP contribution in [0.5, 0.6) is 0 Å². The SMILES string of the molecule is CCc1cccc(NC(N)=NCCCC(=O)N2CCc3ccccc3C2)c1. The van der Waals surface area contributed by atoms with E-state index in [1.54, 1.807) is 0 Å². The number of hydrogen-bond donors (Lipinski definition) is 2. The van der Waals surface area contributed by atoms with Gasteiger partial charge in [-0.1, -0.05) is 43.3 Å². The molecule has 0 radical (unpaired) electrons. The van der Waals surface area contributed by atoms with Crippen molar-refractivity contribution in [3.8, 4) is 0 Å². The second-order valence-electron chi connectivity index (χ2n) is 6.88. The Bertz CT molecular complexity index is 815. The van der Waals surface area contributed by atoms with Crippen LogP contribution < -0.4 is 11.1 Å². The number of aliphatic imine (C=N–C) groups is 1. The van der Waals surface area contributed by atoms with Crippen LogP contribution in [0.1, 0.15) is 36.5 Å². The molecular formula is C22H28N4O. The van der Waals surface area contributed by atoms with Crippen molar-refractivity contribution in [3.63, 3.8) is 0 Å². The molecule has 3 N–H and O–H groups in total. The van der Waals surface area contributed by atoms with Crippen LogP contribution in [-0.4, -0.2) is 29.9 Å². The highest BCUT2D eigenvalue weighted by atomic mass is 16.2. The van der Waals surface area contributed by atoms with E-state index in [-0.39, 0.29) is 5.91 Å². The third-order valence-electron chi connectivity index (χ3n) is 4.92. The molecule has 0 unspecified atom stereocenters. The lowest BCUT2D eigenvalue weighted by molar-refractivity contribution is -0.132. The number of carbonyl (C=O) groups is 1. The highest BCUT2D eigenvalue weighted by Crippen LogP contribution is 2.19. The van der Waals surface area contributed by atoms with E-state index < -0.39 is 0 Å². The second kappa shape index (κ2) is 9.21. The molecule has 142 valence electrons. The minimum atomic E-state index is 0.196. The Morgan fingerprint density at radius 3 is 2.81 bits per heavy atom. The monoisotopic (exact) mass is 364 g/mol. The molecule has 0 saturated heterocycles. The normalized spacial score (nSPS) is 14.0. The highest BCUT2D eigenvalue weighted by molar-refractivity contribution is 5.92. The Morgan fingerprint density at radius 1 is 1.19 bits per heavy atom. The predicted octanol–water partition coefficient (Wildman–Crippen LogP) is 3.34. The van der Waals surface area contributed by atoms with Crippen molar-refractivity contribution in [1.29, 1.82) is 0 Å². The van der Waals surface area contributed by atoms with Crippen molar-refractivity contribution in [2.45, 2.75) is 39.2 Å². The Morgan fingerprint density at radius 2 is 2.00 bits per heavy atom. The van der Waals surface area contributed by atoms with Crippen LogP contribution in [0.15, 0.2) is 53.5 Å². The molecule has 1 amide bonds. The first-order valence-electron chi connectivity index (χ1n) is 9.66. The first-order valence-corrected chi connectivity index (χ1v) is 9.66. The molecule has 0 spiro atoms. The van der Waals surface area contributed by atoms with E-state index in [1.807, 2.05) is 23.1 Å². The summed E-state index contributed by atoms with van der Waals surface area (Å²) in [7, 11) is 0. The van der Waals surface area contributed by atoms with E-state index in [9.17, 15) is 4.79 Å². The Balaban J connectivity index is 1.42. The lowest BCUT2D eigenvalue weighted by Crippen LogP contribution is -2.35. The van der Waals surface area contributed by atoms with Crippen LogP contribution in [0.3, 0.4) is 0 Å². The number of nitrogens with one attached hydrogen (secondary N) is 1. The van der Waals surface area contributed by atoms with Crippen molar-refractivity contribution in [3.05, 3.63) is 65.2 Å². The minimum Gasteiger partial charge on any atom is -0.370 e. The summed E-state index contributed by atoms with van der Waals surface area (Å²) < 4.78 is 0. The number of carbonyl (C=O) groups excluding carboxylic acids is 1. The van der Waals surface area contributed by atoms with Crippen LogP contribution in [-0.2, 0) is 24.2 Å². The zero-order valence-corrected chi connectivity index (χ0v) is 15.9. The first-order chi connectivity index (χ1) is 13.2. The number of anilines is 1. The van der Waals surface area contributed by atoms with Gasteiger partial charge in [0.15, 0.2) is 5.96 Å². The Hall–Kier alpha value is -2.82. The third kappa shape index (κ3) is 5.33. The molecule has 2 aromatic carbocycles. The number of nitrogens with zero attached hydrogens (tertiary/aromatic N) is 2. The molecule has 1 aliphatic heterocycles. The van der Waals surface area contributed by atoms with Crippen molar-refractivity contribution in [2.24, 2.45) is 10.7 Å². The lowest BCUT2D eigenvalue weighted by atomic mass is 9.99. The number of aryl methyl sites for hydroxylation is 1. The third-order valence-corrected chi connectivity index (χ3v) is 4.92. The van der Waals surface area contributed by atoms with E-state index >= 15 is 0 Å². The summed E-state index contributed by atoms with van der Waals surface area (Å²) in [6.07, 6.45) is 3.13. The van der Waals surface area contributed by atoms with Gasteiger partial charge in [0, 0.05) is 31.7 Å².